The van der Waals surface area contributed by atoms with Gasteiger partial charge in [0.1, 0.15) is 5.82 Å². The highest BCUT2D eigenvalue weighted by molar-refractivity contribution is 5.74. The van der Waals surface area contributed by atoms with E-state index in [9.17, 15) is 9.90 Å². The van der Waals surface area contributed by atoms with Crippen LogP contribution in [0.25, 0.3) is 0 Å². The Morgan fingerprint density at radius 3 is 2.83 bits per heavy atom. The molecule has 0 radical (unpaired) electrons. The quantitative estimate of drug-likeness (QED) is 0.724. The molecule has 0 bridgehead atoms. The van der Waals surface area contributed by atoms with Gasteiger partial charge < -0.3 is 20.6 Å². The van der Waals surface area contributed by atoms with Crippen LogP contribution in [-0.4, -0.2) is 42.9 Å². The summed E-state index contributed by atoms with van der Waals surface area (Å²) in [5.74, 6) is 1.03. The third-order valence-corrected chi connectivity index (χ3v) is 4.39. The van der Waals surface area contributed by atoms with Crippen molar-refractivity contribution in [2.24, 2.45) is 5.92 Å². The molecule has 1 aromatic rings. The van der Waals surface area contributed by atoms with E-state index >= 15 is 0 Å². The van der Waals surface area contributed by atoms with Gasteiger partial charge in [-0.15, -0.1) is 0 Å². The summed E-state index contributed by atoms with van der Waals surface area (Å²) < 4.78 is 0. The molecule has 128 valence electrons. The first-order valence-electron chi connectivity index (χ1n) is 8.38. The first-order chi connectivity index (χ1) is 11.1. The second-order valence-corrected chi connectivity index (χ2v) is 6.40. The largest absolute Gasteiger partial charge is 0.396 e. The molecule has 1 aliphatic carbocycles. The van der Waals surface area contributed by atoms with Gasteiger partial charge in [0.05, 0.1) is 12.2 Å². The number of aromatic nitrogens is 1. The molecule has 2 amide bonds. The predicted molar refractivity (Wildman–Crippen MR) is 91.4 cm³/mol. The van der Waals surface area contributed by atoms with Crippen LogP contribution in [0.15, 0.2) is 18.2 Å². The Balaban J connectivity index is 1.85. The Morgan fingerprint density at radius 1 is 1.30 bits per heavy atom. The minimum Gasteiger partial charge on any atom is -0.396 e. The maximum atomic E-state index is 12.1. The number of nitrogens with one attached hydrogen (secondary N) is 2. The highest BCUT2D eigenvalue weighted by Crippen LogP contribution is 2.23. The highest BCUT2D eigenvalue weighted by Gasteiger charge is 2.24. The molecule has 0 aromatic carbocycles. The number of pyridine rings is 1. The summed E-state index contributed by atoms with van der Waals surface area (Å²) in [6, 6.07) is 5.64. The van der Waals surface area contributed by atoms with Gasteiger partial charge in [0.2, 0.25) is 0 Å². The lowest BCUT2D eigenvalue weighted by molar-refractivity contribution is 0.179. The van der Waals surface area contributed by atoms with Gasteiger partial charge in [0, 0.05) is 32.7 Å². The van der Waals surface area contributed by atoms with Crippen LogP contribution in [0.4, 0.5) is 10.6 Å². The maximum Gasteiger partial charge on any atom is 0.315 e. The Hall–Kier alpha value is -1.82. The number of aliphatic hydroxyl groups excluding tert-OH is 1. The van der Waals surface area contributed by atoms with Crippen LogP contribution in [0.1, 0.15) is 37.8 Å². The molecule has 6 nitrogen and oxygen atoms in total. The molecule has 23 heavy (non-hydrogen) atoms. The van der Waals surface area contributed by atoms with E-state index in [-0.39, 0.29) is 24.6 Å². The molecule has 3 N–H and O–H groups in total. The van der Waals surface area contributed by atoms with Crippen LogP contribution in [-0.2, 0) is 6.54 Å². The number of rotatable bonds is 5. The maximum absolute atomic E-state index is 12.1. The summed E-state index contributed by atoms with van der Waals surface area (Å²) in [6.07, 6.45) is 5.33. The van der Waals surface area contributed by atoms with Crippen molar-refractivity contribution in [3.63, 3.8) is 0 Å². The molecule has 2 atom stereocenters. The Kier molecular flexibility index (Phi) is 6.65. The molecule has 1 heterocycles. The summed E-state index contributed by atoms with van der Waals surface area (Å²) in [6.45, 7) is 0.529. The summed E-state index contributed by atoms with van der Waals surface area (Å²) in [4.78, 5) is 18.5. The van der Waals surface area contributed by atoms with Crippen LogP contribution in [0.3, 0.4) is 0 Å². The standard InChI is InChI=1S/C17H28N4O2/c1-21(2)16-10-6-8-14(19-16)11-18-17(23)20-15-9-5-3-4-7-13(15)12-22/h6,8,10,13,15,22H,3-5,7,9,11-12H2,1-2H3,(H2,18,20,23). The molecular weight excluding hydrogens is 292 g/mol. The van der Waals surface area contributed by atoms with E-state index in [0.717, 1.165) is 37.2 Å². The fourth-order valence-corrected chi connectivity index (χ4v) is 3.00. The van der Waals surface area contributed by atoms with Crippen molar-refractivity contribution in [1.29, 1.82) is 0 Å². The smallest absolute Gasteiger partial charge is 0.315 e. The van der Waals surface area contributed by atoms with E-state index in [1.807, 2.05) is 37.2 Å². The fraction of sp³-hybridized carbons (Fsp3) is 0.647. The monoisotopic (exact) mass is 320 g/mol. The van der Waals surface area contributed by atoms with Crippen molar-refractivity contribution in [3.05, 3.63) is 23.9 Å². The van der Waals surface area contributed by atoms with Gasteiger partial charge in [-0.1, -0.05) is 25.3 Å². The number of hydrogen-bond donors (Lipinski definition) is 3. The normalized spacial score (nSPS) is 21.3. The van der Waals surface area contributed by atoms with E-state index in [1.54, 1.807) is 0 Å². The zero-order valence-corrected chi connectivity index (χ0v) is 14.1. The minimum atomic E-state index is -0.188. The first-order valence-corrected chi connectivity index (χ1v) is 8.38. The van der Waals surface area contributed by atoms with Gasteiger partial charge in [0.25, 0.3) is 0 Å². The molecule has 0 aliphatic heterocycles. The number of aliphatic hydroxyl groups is 1. The topological polar surface area (TPSA) is 77.5 Å². The van der Waals surface area contributed by atoms with E-state index in [2.05, 4.69) is 15.6 Å². The van der Waals surface area contributed by atoms with Crippen molar-refractivity contribution in [3.8, 4) is 0 Å². The van der Waals surface area contributed by atoms with Gasteiger partial charge >= 0.3 is 6.03 Å². The second kappa shape index (κ2) is 8.72. The summed E-state index contributed by atoms with van der Waals surface area (Å²) >= 11 is 0. The molecule has 2 unspecified atom stereocenters. The van der Waals surface area contributed by atoms with Crippen molar-refractivity contribution >= 4 is 11.8 Å². The number of amides is 2. The molecule has 2 rings (SSSR count). The lowest BCUT2D eigenvalue weighted by Gasteiger charge is -2.24. The Bertz CT molecular complexity index is 507. The van der Waals surface area contributed by atoms with Crippen molar-refractivity contribution in [1.82, 2.24) is 15.6 Å². The third-order valence-electron chi connectivity index (χ3n) is 4.39. The van der Waals surface area contributed by atoms with Crippen LogP contribution in [0.2, 0.25) is 0 Å². The molecule has 0 spiro atoms. The van der Waals surface area contributed by atoms with Crippen LogP contribution in [0.5, 0.6) is 0 Å². The summed E-state index contributed by atoms with van der Waals surface area (Å²) in [7, 11) is 3.88. The molecule has 1 fully saturated rings. The molecular formula is C17H28N4O2. The van der Waals surface area contributed by atoms with Crippen molar-refractivity contribution < 1.29 is 9.90 Å². The van der Waals surface area contributed by atoms with Crippen LogP contribution in [0, 0.1) is 5.92 Å². The number of hydrogen-bond acceptors (Lipinski definition) is 4. The molecule has 1 saturated carbocycles. The van der Waals surface area contributed by atoms with E-state index in [1.165, 1.54) is 6.42 Å². The van der Waals surface area contributed by atoms with Gasteiger partial charge in [-0.05, 0) is 25.0 Å². The molecule has 6 heteroatoms. The molecule has 1 aliphatic rings. The van der Waals surface area contributed by atoms with E-state index < -0.39 is 0 Å². The zero-order chi connectivity index (χ0) is 16.7. The van der Waals surface area contributed by atoms with Gasteiger partial charge in [-0.3, -0.25) is 0 Å². The predicted octanol–water partition coefficient (Wildman–Crippen LogP) is 1.89. The van der Waals surface area contributed by atoms with Crippen LogP contribution < -0.4 is 15.5 Å². The highest BCUT2D eigenvalue weighted by atomic mass is 16.3. The molecule has 0 saturated heterocycles. The lowest BCUT2D eigenvalue weighted by atomic mass is 9.96. The van der Waals surface area contributed by atoms with E-state index in [0.29, 0.717) is 6.54 Å². The van der Waals surface area contributed by atoms with Gasteiger partial charge in [-0.25, -0.2) is 9.78 Å². The van der Waals surface area contributed by atoms with E-state index in [4.69, 9.17) is 0 Å². The average molecular weight is 320 g/mol. The van der Waals surface area contributed by atoms with Gasteiger partial charge in [-0.2, -0.15) is 0 Å². The first kappa shape index (κ1) is 17.5. The Morgan fingerprint density at radius 2 is 2.09 bits per heavy atom. The average Bonchev–Trinajstić information content (AvgIpc) is 2.78. The molecule has 1 aromatic heterocycles. The Labute approximate surface area is 138 Å². The number of carbonyl (C=O) groups excluding carboxylic acids is 1. The number of carbonyl (C=O) groups is 1. The lowest BCUT2D eigenvalue weighted by Crippen LogP contribution is -2.46. The number of nitrogens with zero attached hydrogens (tertiary/aromatic N) is 2. The van der Waals surface area contributed by atoms with Crippen molar-refractivity contribution in [2.75, 3.05) is 25.6 Å². The number of urea groups is 1. The van der Waals surface area contributed by atoms with Crippen molar-refractivity contribution in [2.45, 2.75) is 44.7 Å². The number of anilines is 1. The van der Waals surface area contributed by atoms with Gasteiger partial charge in [0.15, 0.2) is 0 Å². The SMILES string of the molecule is CN(C)c1cccc(CNC(=O)NC2CCCCCC2CO)n1. The minimum absolute atomic E-state index is 0.0589. The third kappa shape index (κ3) is 5.39. The summed E-state index contributed by atoms with van der Waals surface area (Å²) in [5.41, 5.74) is 0.825. The summed E-state index contributed by atoms with van der Waals surface area (Å²) in [5, 5.41) is 15.4. The fourth-order valence-electron chi connectivity index (χ4n) is 3.00. The second-order valence-electron chi connectivity index (χ2n) is 6.40. The van der Waals surface area contributed by atoms with Crippen LogP contribution >= 0.6 is 0 Å². The zero-order valence-electron chi connectivity index (χ0n) is 14.1.